The van der Waals surface area contributed by atoms with Crippen LogP contribution < -0.4 is 0 Å². The smallest absolute Gasteiger partial charge is 0.206 e. The Morgan fingerprint density at radius 1 is 1.63 bits per heavy atom. The Morgan fingerprint density at radius 3 is 2.79 bits per heavy atom. The zero-order valence-corrected chi connectivity index (χ0v) is 12.2. The minimum Gasteiger partial charge on any atom is -0.398 e. The van der Waals surface area contributed by atoms with Crippen molar-refractivity contribution in [3.8, 4) is 6.07 Å². The molecular weight excluding hydrogens is 264 g/mol. The molecule has 0 aliphatic rings. The second-order valence-electron chi connectivity index (χ2n) is 3.97. The van der Waals surface area contributed by atoms with Crippen molar-refractivity contribution in [1.82, 2.24) is 9.97 Å². The van der Waals surface area contributed by atoms with E-state index in [1.807, 2.05) is 26.8 Å². The largest absolute Gasteiger partial charge is 0.398 e. The predicted molar refractivity (Wildman–Crippen MR) is 72.2 cm³/mol. The Kier molecular flexibility index (Phi) is 5.57. The van der Waals surface area contributed by atoms with E-state index in [2.05, 4.69) is 20.0 Å². The van der Waals surface area contributed by atoms with Crippen LogP contribution in [0.15, 0.2) is 16.4 Å². The Bertz CT molecular complexity index is 549. The maximum absolute atomic E-state index is 12.0. The van der Waals surface area contributed by atoms with Crippen molar-refractivity contribution in [2.45, 2.75) is 31.7 Å². The number of rotatable bonds is 5. The van der Waals surface area contributed by atoms with Crippen molar-refractivity contribution in [3.05, 3.63) is 17.6 Å². The molecule has 6 nitrogen and oxygen atoms in total. The monoisotopic (exact) mass is 280 g/mol. The van der Waals surface area contributed by atoms with Gasteiger partial charge in [-0.05, 0) is 5.92 Å². The van der Waals surface area contributed by atoms with Crippen LogP contribution in [0.1, 0.15) is 38.1 Å². The normalized spacial score (nSPS) is 13.2. The number of oxime groups is 1. The van der Waals surface area contributed by atoms with Gasteiger partial charge in [0.05, 0.1) is 22.7 Å². The standard InChI is InChI=1S/C12H16N4O2S/c1-5-19(17)12-11(8(2)3)14-7-10(15-12)9(6-13)16-18-4/h7-8H,5H2,1-4H3/b16-9+. The van der Waals surface area contributed by atoms with E-state index in [9.17, 15) is 4.21 Å². The third kappa shape index (κ3) is 3.58. The van der Waals surface area contributed by atoms with Crippen molar-refractivity contribution in [1.29, 1.82) is 5.26 Å². The SMILES string of the molecule is CCS(=O)c1nc(/C(C#N)=N/OC)cnc1C(C)C. The summed E-state index contributed by atoms with van der Waals surface area (Å²) in [5.41, 5.74) is 0.962. The van der Waals surface area contributed by atoms with Crippen LogP contribution in [-0.2, 0) is 15.6 Å². The van der Waals surface area contributed by atoms with Gasteiger partial charge in [0.2, 0.25) is 5.71 Å². The van der Waals surface area contributed by atoms with E-state index in [1.165, 1.54) is 13.3 Å². The van der Waals surface area contributed by atoms with E-state index in [-0.39, 0.29) is 17.3 Å². The minimum absolute atomic E-state index is 0.0136. The van der Waals surface area contributed by atoms with Gasteiger partial charge in [0, 0.05) is 5.75 Å². The third-order valence-corrected chi connectivity index (χ3v) is 3.58. The van der Waals surface area contributed by atoms with Crippen LogP contribution in [0, 0.1) is 11.3 Å². The minimum atomic E-state index is -1.23. The number of hydrogen-bond acceptors (Lipinski definition) is 6. The number of hydrogen-bond donors (Lipinski definition) is 0. The van der Waals surface area contributed by atoms with Gasteiger partial charge in [0.25, 0.3) is 0 Å². The Balaban J connectivity index is 3.38. The Hall–Kier alpha value is -1.81. The first kappa shape index (κ1) is 15.2. The molecule has 1 unspecified atom stereocenters. The van der Waals surface area contributed by atoms with Crippen LogP contribution in [0.5, 0.6) is 0 Å². The van der Waals surface area contributed by atoms with Crippen molar-refractivity contribution >= 4 is 16.5 Å². The van der Waals surface area contributed by atoms with E-state index >= 15 is 0 Å². The molecule has 102 valence electrons. The molecule has 0 aliphatic heterocycles. The lowest BCUT2D eigenvalue weighted by Gasteiger charge is -2.10. The predicted octanol–water partition coefficient (Wildman–Crippen LogP) is 1.60. The second-order valence-corrected chi connectivity index (χ2v) is 5.62. The summed E-state index contributed by atoms with van der Waals surface area (Å²) in [6.45, 7) is 5.71. The van der Waals surface area contributed by atoms with Crippen LogP contribution in [-0.4, -0.2) is 32.8 Å². The van der Waals surface area contributed by atoms with E-state index in [1.54, 1.807) is 0 Å². The lowest BCUT2D eigenvalue weighted by molar-refractivity contribution is 0.214. The average Bonchev–Trinajstić information content (AvgIpc) is 2.43. The average molecular weight is 280 g/mol. The topological polar surface area (TPSA) is 88.2 Å². The van der Waals surface area contributed by atoms with Crippen LogP contribution in [0.2, 0.25) is 0 Å². The molecule has 7 heteroatoms. The van der Waals surface area contributed by atoms with Crippen LogP contribution >= 0.6 is 0 Å². The molecule has 1 heterocycles. The summed E-state index contributed by atoms with van der Waals surface area (Å²) in [4.78, 5) is 13.1. The number of nitrogens with zero attached hydrogens (tertiary/aromatic N) is 4. The van der Waals surface area contributed by atoms with Gasteiger partial charge in [-0.3, -0.25) is 9.19 Å². The van der Waals surface area contributed by atoms with Gasteiger partial charge in [-0.15, -0.1) is 0 Å². The van der Waals surface area contributed by atoms with Gasteiger partial charge >= 0.3 is 0 Å². The molecule has 1 aromatic heterocycles. The quantitative estimate of drug-likeness (QED) is 0.604. The highest BCUT2D eigenvalue weighted by Crippen LogP contribution is 2.19. The van der Waals surface area contributed by atoms with Gasteiger partial charge in [-0.2, -0.15) is 5.26 Å². The van der Waals surface area contributed by atoms with E-state index in [4.69, 9.17) is 5.26 Å². The first-order chi connectivity index (χ1) is 9.04. The molecule has 0 aliphatic carbocycles. The van der Waals surface area contributed by atoms with Crippen molar-refractivity contribution < 1.29 is 9.05 Å². The lowest BCUT2D eigenvalue weighted by atomic mass is 10.1. The molecule has 1 rings (SSSR count). The molecule has 0 bridgehead atoms. The molecule has 0 radical (unpaired) electrons. The molecular formula is C12H16N4O2S. The van der Waals surface area contributed by atoms with Gasteiger partial charge in [0.15, 0.2) is 0 Å². The number of aromatic nitrogens is 2. The van der Waals surface area contributed by atoms with Crippen molar-refractivity contribution in [2.24, 2.45) is 5.16 Å². The molecule has 1 aromatic rings. The highest BCUT2D eigenvalue weighted by Gasteiger charge is 2.18. The molecule has 0 saturated heterocycles. The molecule has 0 saturated carbocycles. The molecule has 0 aromatic carbocycles. The van der Waals surface area contributed by atoms with Gasteiger partial charge < -0.3 is 4.84 Å². The van der Waals surface area contributed by atoms with Crippen molar-refractivity contribution in [3.63, 3.8) is 0 Å². The summed E-state index contributed by atoms with van der Waals surface area (Å²) in [6.07, 6.45) is 1.45. The Morgan fingerprint density at radius 2 is 2.32 bits per heavy atom. The fraction of sp³-hybridized carbons (Fsp3) is 0.500. The molecule has 0 N–H and O–H groups in total. The molecule has 0 fully saturated rings. The zero-order chi connectivity index (χ0) is 14.4. The highest BCUT2D eigenvalue weighted by atomic mass is 32.2. The second kappa shape index (κ2) is 6.95. The van der Waals surface area contributed by atoms with Crippen LogP contribution in [0.4, 0.5) is 0 Å². The summed E-state index contributed by atoms with van der Waals surface area (Å²) in [7, 11) is 0.112. The van der Waals surface area contributed by atoms with E-state index in [0.29, 0.717) is 16.5 Å². The molecule has 19 heavy (non-hydrogen) atoms. The fourth-order valence-electron chi connectivity index (χ4n) is 1.41. The summed E-state index contributed by atoms with van der Waals surface area (Å²) in [5.74, 6) is 0.554. The summed E-state index contributed by atoms with van der Waals surface area (Å²) in [5, 5.41) is 13.0. The first-order valence-corrected chi connectivity index (χ1v) is 7.13. The van der Waals surface area contributed by atoms with Gasteiger partial charge in [0.1, 0.15) is 23.9 Å². The lowest BCUT2D eigenvalue weighted by Crippen LogP contribution is -2.12. The zero-order valence-electron chi connectivity index (χ0n) is 11.4. The summed E-state index contributed by atoms with van der Waals surface area (Å²) < 4.78 is 12.0. The van der Waals surface area contributed by atoms with Gasteiger partial charge in [-0.25, -0.2) is 4.98 Å². The number of nitriles is 1. The highest BCUT2D eigenvalue weighted by molar-refractivity contribution is 7.84. The van der Waals surface area contributed by atoms with Crippen LogP contribution in [0.25, 0.3) is 0 Å². The summed E-state index contributed by atoms with van der Waals surface area (Å²) in [6, 6.07) is 1.88. The van der Waals surface area contributed by atoms with E-state index in [0.717, 1.165) is 0 Å². The molecule has 0 spiro atoms. The first-order valence-electron chi connectivity index (χ1n) is 5.82. The van der Waals surface area contributed by atoms with E-state index < -0.39 is 10.8 Å². The Labute approximate surface area is 115 Å². The maximum Gasteiger partial charge on any atom is 0.206 e. The molecule has 1 atom stereocenters. The molecule has 0 amide bonds. The third-order valence-electron chi connectivity index (χ3n) is 2.32. The maximum atomic E-state index is 12.0. The summed E-state index contributed by atoms with van der Waals surface area (Å²) >= 11 is 0. The van der Waals surface area contributed by atoms with Gasteiger partial charge in [-0.1, -0.05) is 25.9 Å². The van der Waals surface area contributed by atoms with Crippen molar-refractivity contribution in [2.75, 3.05) is 12.9 Å². The van der Waals surface area contributed by atoms with Crippen LogP contribution in [0.3, 0.4) is 0 Å². The fourth-order valence-corrected chi connectivity index (χ4v) is 2.41.